The van der Waals surface area contributed by atoms with E-state index in [4.69, 9.17) is 9.47 Å². The number of hydrogen-bond donors (Lipinski definition) is 0. The number of carbonyl (C=O) groups is 2. The molecule has 0 spiro atoms. The molecule has 0 saturated carbocycles. The Morgan fingerprint density at radius 1 is 1.10 bits per heavy atom. The summed E-state index contributed by atoms with van der Waals surface area (Å²) >= 11 is 0. The first-order valence-electron chi connectivity index (χ1n) is 10.9. The largest absolute Gasteiger partial charge is 0.491 e. The summed E-state index contributed by atoms with van der Waals surface area (Å²) in [7, 11) is 0. The highest BCUT2D eigenvalue weighted by Gasteiger charge is 2.34. The Bertz CT molecular complexity index is 730. The molecule has 2 amide bonds. The third-order valence-electron chi connectivity index (χ3n) is 6.23. The van der Waals surface area contributed by atoms with Crippen molar-refractivity contribution in [3.8, 4) is 5.75 Å². The fourth-order valence-corrected chi connectivity index (χ4v) is 4.47. The Kier molecular flexibility index (Phi) is 6.84. The first-order valence-corrected chi connectivity index (χ1v) is 10.9. The van der Waals surface area contributed by atoms with Crippen LogP contribution in [0.25, 0.3) is 0 Å². The maximum Gasteiger partial charge on any atom is 0.248 e. The van der Waals surface area contributed by atoms with E-state index in [1.807, 2.05) is 9.80 Å². The van der Waals surface area contributed by atoms with Crippen LogP contribution in [-0.4, -0.2) is 91.1 Å². The highest BCUT2D eigenvalue weighted by molar-refractivity contribution is 5.79. The average Bonchev–Trinajstić information content (AvgIpc) is 3.30. The van der Waals surface area contributed by atoms with E-state index in [1.165, 1.54) is 12.1 Å². The molecule has 3 heterocycles. The first kappa shape index (κ1) is 21.1. The first-order chi connectivity index (χ1) is 14.6. The van der Waals surface area contributed by atoms with Gasteiger partial charge in [0.15, 0.2) is 0 Å². The van der Waals surface area contributed by atoms with Crippen molar-refractivity contribution >= 4 is 11.8 Å². The Hall–Kier alpha value is -2.19. The predicted octanol–water partition coefficient (Wildman–Crippen LogP) is 1.52. The molecule has 0 radical (unpaired) electrons. The van der Waals surface area contributed by atoms with Crippen LogP contribution in [0.1, 0.15) is 25.7 Å². The average molecular weight is 419 g/mol. The molecule has 0 aromatic heterocycles. The standard InChI is InChI=1S/C22H30FN3O4/c23-17-3-5-19(6-4-17)29-15-20-13-26(22(28)16-30-20)18-7-11-24(12-8-18)14-21(27)25-9-1-2-10-25/h3-6,18,20H,1-2,7-16H2. The highest BCUT2D eigenvalue weighted by atomic mass is 19.1. The maximum atomic E-state index is 13.0. The summed E-state index contributed by atoms with van der Waals surface area (Å²) < 4.78 is 24.3. The van der Waals surface area contributed by atoms with Gasteiger partial charge in [0.2, 0.25) is 11.8 Å². The van der Waals surface area contributed by atoms with Crippen LogP contribution < -0.4 is 4.74 Å². The summed E-state index contributed by atoms with van der Waals surface area (Å²) in [4.78, 5) is 30.9. The van der Waals surface area contributed by atoms with Gasteiger partial charge in [0.1, 0.15) is 30.9 Å². The van der Waals surface area contributed by atoms with Gasteiger partial charge in [-0.3, -0.25) is 14.5 Å². The van der Waals surface area contributed by atoms with E-state index >= 15 is 0 Å². The number of hydrogen-bond acceptors (Lipinski definition) is 5. The van der Waals surface area contributed by atoms with E-state index in [2.05, 4.69) is 4.90 Å². The number of ether oxygens (including phenoxy) is 2. The van der Waals surface area contributed by atoms with Crippen molar-refractivity contribution in [3.05, 3.63) is 30.1 Å². The number of carbonyl (C=O) groups excluding carboxylic acids is 2. The van der Waals surface area contributed by atoms with Gasteiger partial charge in [-0.15, -0.1) is 0 Å². The van der Waals surface area contributed by atoms with E-state index in [0.717, 1.165) is 51.9 Å². The number of morpholine rings is 1. The second-order valence-electron chi connectivity index (χ2n) is 8.34. The molecule has 3 aliphatic heterocycles. The fraction of sp³-hybridized carbons (Fsp3) is 0.636. The molecule has 3 aliphatic rings. The van der Waals surface area contributed by atoms with Crippen molar-refractivity contribution in [1.82, 2.24) is 14.7 Å². The van der Waals surface area contributed by atoms with Gasteiger partial charge in [-0.1, -0.05) is 0 Å². The van der Waals surface area contributed by atoms with E-state index in [9.17, 15) is 14.0 Å². The molecule has 0 aliphatic carbocycles. The molecule has 3 fully saturated rings. The molecular weight excluding hydrogens is 389 g/mol. The quantitative estimate of drug-likeness (QED) is 0.700. The van der Waals surface area contributed by atoms with Crippen LogP contribution in [0.15, 0.2) is 24.3 Å². The fourth-order valence-electron chi connectivity index (χ4n) is 4.47. The Morgan fingerprint density at radius 3 is 2.50 bits per heavy atom. The molecule has 1 aromatic carbocycles. The van der Waals surface area contributed by atoms with Crippen LogP contribution in [0.2, 0.25) is 0 Å². The molecule has 30 heavy (non-hydrogen) atoms. The lowest BCUT2D eigenvalue weighted by atomic mass is 10.0. The SMILES string of the molecule is O=C(CN1CCC(N2CC(COc3ccc(F)cc3)OCC2=O)CC1)N1CCCC1. The van der Waals surface area contributed by atoms with E-state index in [0.29, 0.717) is 25.4 Å². The van der Waals surface area contributed by atoms with Crippen molar-refractivity contribution in [2.24, 2.45) is 0 Å². The van der Waals surface area contributed by atoms with Gasteiger partial charge in [-0.2, -0.15) is 0 Å². The Balaban J connectivity index is 1.23. The number of benzene rings is 1. The topological polar surface area (TPSA) is 62.3 Å². The van der Waals surface area contributed by atoms with Gasteiger partial charge in [0.25, 0.3) is 0 Å². The van der Waals surface area contributed by atoms with E-state index < -0.39 is 0 Å². The van der Waals surface area contributed by atoms with Crippen molar-refractivity contribution in [1.29, 1.82) is 0 Å². The molecule has 1 atom stereocenters. The molecule has 3 saturated heterocycles. The molecule has 164 valence electrons. The van der Waals surface area contributed by atoms with Crippen molar-refractivity contribution in [3.63, 3.8) is 0 Å². The molecule has 0 bridgehead atoms. The van der Waals surface area contributed by atoms with Crippen LogP contribution in [0.5, 0.6) is 5.75 Å². The number of halogens is 1. The normalized spacial score (nSPS) is 23.8. The van der Waals surface area contributed by atoms with Crippen LogP contribution in [0, 0.1) is 5.82 Å². The molecular formula is C22H30FN3O4. The van der Waals surface area contributed by atoms with Crippen LogP contribution in [0.4, 0.5) is 4.39 Å². The minimum absolute atomic E-state index is 0.0135. The minimum Gasteiger partial charge on any atom is -0.491 e. The van der Waals surface area contributed by atoms with Gasteiger partial charge in [0.05, 0.1) is 13.1 Å². The third kappa shape index (κ3) is 5.29. The monoisotopic (exact) mass is 419 g/mol. The van der Waals surface area contributed by atoms with Crippen LogP contribution >= 0.6 is 0 Å². The van der Waals surface area contributed by atoms with E-state index in [1.54, 1.807) is 12.1 Å². The number of amides is 2. The molecule has 1 aromatic rings. The second kappa shape index (κ2) is 9.75. The lowest BCUT2D eigenvalue weighted by Gasteiger charge is -2.42. The van der Waals surface area contributed by atoms with Gasteiger partial charge in [-0.05, 0) is 49.9 Å². The maximum absolute atomic E-state index is 13.0. The summed E-state index contributed by atoms with van der Waals surface area (Å²) in [5.41, 5.74) is 0. The zero-order valence-corrected chi connectivity index (χ0v) is 17.3. The molecule has 4 rings (SSSR count). The summed E-state index contributed by atoms with van der Waals surface area (Å²) in [6.07, 6.45) is 3.75. The third-order valence-corrected chi connectivity index (χ3v) is 6.23. The zero-order chi connectivity index (χ0) is 20.9. The van der Waals surface area contributed by atoms with Crippen molar-refractivity contribution in [2.45, 2.75) is 37.8 Å². The summed E-state index contributed by atoms with van der Waals surface area (Å²) in [6, 6.07) is 6.05. The zero-order valence-electron chi connectivity index (χ0n) is 17.3. The van der Waals surface area contributed by atoms with Crippen molar-refractivity contribution < 1.29 is 23.5 Å². The Labute approximate surface area is 176 Å². The lowest BCUT2D eigenvalue weighted by Crippen LogP contribution is -2.56. The Morgan fingerprint density at radius 2 is 1.80 bits per heavy atom. The minimum atomic E-state index is -0.304. The summed E-state index contributed by atoms with van der Waals surface area (Å²) in [5.74, 6) is 0.520. The summed E-state index contributed by atoms with van der Waals surface area (Å²) in [6.45, 7) is 4.79. The van der Waals surface area contributed by atoms with Gasteiger partial charge in [-0.25, -0.2) is 4.39 Å². The summed E-state index contributed by atoms with van der Waals surface area (Å²) in [5, 5.41) is 0. The highest BCUT2D eigenvalue weighted by Crippen LogP contribution is 2.21. The lowest BCUT2D eigenvalue weighted by molar-refractivity contribution is -0.155. The molecule has 7 nitrogen and oxygen atoms in total. The number of likely N-dealkylation sites (tertiary alicyclic amines) is 2. The van der Waals surface area contributed by atoms with E-state index in [-0.39, 0.29) is 36.4 Å². The molecule has 8 heteroatoms. The predicted molar refractivity (Wildman–Crippen MR) is 109 cm³/mol. The van der Waals surface area contributed by atoms with Crippen LogP contribution in [-0.2, 0) is 14.3 Å². The smallest absolute Gasteiger partial charge is 0.248 e. The molecule has 0 N–H and O–H groups in total. The number of piperidine rings is 1. The number of rotatable bonds is 6. The van der Waals surface area contributed by atoms with Crippen LogP contribution in [0.3, 0.4) is 0 Å². The number of nitrogens with zero attached hydrogens (tertiary/aromatic N) is 3. The molecule has 1 unspecified atom stereocenters. The second-order valence-corrected chi connectivity index (χ2v) is 8.34. The van der Waals surface area contributed by atoms with Gasteiger partial charge < -0.3 is 19.3 Å². The van der Waals surface area contributed by atoms with Gasteiger partial charge >= 0.3 is 0 Å². The van der Waals surface area contributed by atoms with Gasteiger partial charge in [0, 0.05) is 32.2 Å². The van der Waals surface area contributed by atoms with Crippen molar-refractivity contribution in [2.75, 3.05) is 52.5 Å².